The zero-order valence-corrected chi connectivity index (χ0v) is 21.1. The number of nitrogens with zero attached hydrogens (tertiary/aromatic N) is 3. The molecule has 0 radical (unpaired) electrons. The Labute approximate surface area is 210 Å². The highest BCUT2D eigenvalue weighted by Gasteiger charge is 2.27. The number of benzene rings is 3. The predicted octanol–water partition coefficient (Wildman–Crippen LogP) is 4.83. The van der Waals surface area contributed by atoms with Crippen LogP contribution in [0.15, 0.2) is 77.6 Å². The summed E-state index contributed by atoms with van der Waals surface area (Å²) in [6.45, 7) is 6.45. The summed E-state index contributed by atoms with van der Waals surface area (Å²) in [5, 5.41) is 0.498. The molecule has 0 bridgehead atoms. The zero-order chi connectivity index (χ0) is 25.7. The second kappa shape index (κ2) is 11.2. The smallest absolute Gasteiger partial charge is 0.266 e. The summed E-state index contributed by atoms with van der Waals surface area (Å²) in [5.74, 6) is 0.834. The molecule has 0 spiro atoms. The number of carbonyl (C=O) groups is 1. The molecule has 1 unspecified atom stereocenters. The minimum Gasteiger partial charge on any atom is -0.495 e. The highest BCUT2D eigenvalue weighted by molar-refractivity contribution is 5.79. The molecule has 3 aromatic carbocycles. The van der Waals surface area contributed by atoms with Gasteiger partial charge in [-0.15, -0.1) is 0 Å². The van der Waals surface area contributed by atoms with Gasteiger partial charge in [0.05, 0.1) is 36.3 Å². The predicted molar refractivity (Wildman–Crippen MR) is 141 cm³/mol. The lowest BCUT2D eigenvalue weighted by atomic mass is 10.1. The fraction of sp³-hybridized carbons (Fsp3) is 0.276. The average Bonchev–Trinajstić information content (AvgIpc) is 2.89. The van der Waals surface area contributed by atoms with Gasteiger partial charge in [0.2, 0.25) is 5.91 Å². The molecule has 0 saturated carbocycles. The minimum absolute atomic E-state index is 0.0708. The zero-order valence-electron chi connectivity index (χ0n) is 21.1. The van der Waals surface area contributed by atoms with Crippen LogP contribution in [0.1, 0.15) is 36.8 Å². The maximum atomic E-state index is 13.8. The lowest BCUT2D eigenvalue weighted by Crippen LogP contribution is -2.39. The normalized spacial score (nSPS) is 11.9. The van der Waals surface area contributed by atoms with Gasteiger partial charge in [0.15, 0.2) is 0 Å². The molecule has 1 atom stereocenters. The van der Waals surface area contributed by atoms with E-state index in [0.29, 0.717) is 41.3 Å². The Morgan fingerprint density at radius 2 is 1.78 bits per heavy atom. The van der Waals surface area contributed by atoms with E-state index in [2.05, 4.69) is 0 Å². The second-order valence-electron chi connectivity index (χ2n) is 8.64. The molecule has 0 saturated heterocycles. The van der Waals surface area contributed by atoms with Crippen molar-refractivity contribution in [1.82, 2.24) is 14.5 Å². The van der Waals surface area contributed by atoms with Gasteiger partial charge in [-0.2, -0.15) is 0 Å². The Hall–Kier alpha value is -3.97. The van der Waals surface area contributed by atoms with Gasteiger partial charge in [-0.3, -0.25) is 14.2 Å². The Kier molecular flexibility index (Phi) is 7.80. The fourth-order valence-electron chi connectivity index (χ4n) is 4.36. The van der Waals surface area contributed by atoms with Gasteiger partial charge in [-0.25, -0.2) is 4.98 Å². The molecule has 0 aliphatic heterocycles. The van der Waals surface area contributed by atoms with E-state index in [4.69, 9.17) is 14.5 Å². The molecule has 7 nitrogen and oxygen atoms in total. The van der Waals surface area contributed by atoms with Crippen LogP contribution in [0.3, 0.4) is 0 Å². The van der Waals surface area contributed by atoms with Gasteiger partial charge >= 0.3 is 0 Å². The monoisotopic (exact) mass is 485 g/mol. The van der Waals surface area contributed by atoms with Gasteiger partial charge in [0.1, 0.15) is 18.2 Å². The first-order chi connectivity index (χ1) is 17.4. The van der Waals surface area contributed by atoms with Crippen LogP contribution in [-0.2, 0) is 16.1 Å². The number of ether oxygens (including phenoxy) is 2. The van der Waals surface area contributed by atoms with Crippen molar-refractivity contribution >= 4 is 16.8 Å². The SMILES string of the molecule is CCN(C(=O)COCc1ccccc1)C(C)c1nc2ccccc2c(=O)n1-c1cc(C)ccc1OC. The van der Waals surface area contributed by atoms with E-state index in [0.717, 1.165) is 11.1 Å². The van der Waals surface area contributed by atoms with E-state index in [1.807, 2.05) is 87.5 Å². The molecule has 7 heteroatoms. The molecule has 1 amide bonds. The Morgan fingerprint density at radius 1 is 1.06 bits per heavy atom. The number of fused-ring (bicyclic) bond motifs is 1. The molecule has 0 aliphatic carbocycles. The number of amides is 1. The summed E-state index contributed by atoms with van der Waals surface area (Å²) < 4.78 is 12.9. The molecule has 1 heterocycles. The summed E-state index contributed by atoms with van der Waals surface area (Å²) in [6, 6.07) is 22.1. The van der Waals surface area contributed by atoms with Crippen LogP contribution in [0, 0.1) is 6.92 Å². The third-order valence-electron chi connectivity index (χ3n) is 6.22. The first-order valence-electron chi connectivity index (χ1n) is 12.0. The molecule has 4 aromatic rings. The van der Waals surface area contributed by atoms with E-state index in [9.17, 15) is 9.59 Å². The number of carbonyl (C=O) groups excluding carboxylic acids is 1. The molecule has 36 heavy (non-hydrogen) atoms. The standard InChI is InChI=1S/C29H31N3O4/c1-5-31(27(33)19-36-18-22-11-7-6-8-12-22)21(3)28-30-24-14-10-9-13-23(24)29(34)32(28)25-17-20(2)15-16-26(25)35-4/h6-17,21H,5,18-19H2,1-4H3. The number of likely N-dealkylation sites (N-methyl/N-ethyl adjacent to an activating group) is 1. The van der Waals surface area contributed by atoms with Crippen molar-refractivity contribution < 1.29 is 14.3 Å². The molecular formula is C29H31N3O4. The van der Waals surface area contributed by atoms with Crippen molar-refractivity contribution in [2.24, 2.45) is 0 Å². The summed E-state index contributed by atoms with van der Waals surface area (Å²) in [4.78, 5) is 33.5. The van der Waals surface area contributed by atoms with Crippen LogP contribution < -0.4 is 10.3 Å². The highest BCUT2D eigenvalue weighted by atomic mass is 16.5. The summed E-state index contributed by atoms with van der Waals surface area (Å²) in [7, 11) is 1.57. The molecule has 186 valence electrons. The summed E-state index contributed by atoms with van der Waals surface area (Å²) >= 11 is 0. The Morgan fingerprint density at radius 3 is 2.50 bits per heavy atom. The van der Waals surface area contributed by atoms with Crippen LogP contribution >= 0.6 is 0 Å². The molecule has 4 rings (SSSR count). The Balaban J connectivity index is 1.74. The Bertz CT molecular complexity index is 1420. The third-order valence-corrected chi connectivity index (χ3v) is 6.22. The first kappa shape index (κ1) is 25.1. The fourth-order valence-corrected chi connectivity index (χ4v) is 4.36. The quantitative estimate of drug-likeness (QED) is 0.340. The number of aromatic nitrogens is 2. The average molecular weight is 486 g/mol. The van der Waals surface area contributed by atoms with Crippen molar-refractivity contribution in [2.45, 2.75) is 33.4 Å². The number of aryl methyl sites for hydroxylation is 1. The van der Waals surface area contributed by atoms with Crippen LogP contribution in [0.4, 0.5) is 0 Å². The van der Waals surface area contributed by atoms with Crippen molar-refractivity contribution in [2.75, 3.05) is 20.3 Å². The summed E-state index contributed by atoms with van der Waals surface area (Å²) in [5.41, 5.74) is 2.93. The van der Waals surface area contributed by atoms with Crippen molar-refractivity contribution in [3.8, 4) is 11.4 Å². The van der Waals surface area contributed by atoms with Crippen LogP contribution in [0.5, 0.6) is 5.75 Å². The van der Waals surface area contributed by atoms with Crippen molar-refractivity contribution in [1.29, 1.82) is 0 Å². The van der Waals surface area contributed by atoms with Gasteiger partial charge in [0.25, 0.3) is 5.56 Å². The van der Waals surface area contributed by atoms with Crippen molar-refractivity contribution in [3.63, 3.8) is 0 Å². The molecule has 0 fully saturated rings. The molecular weight excluding hydrogens is 454 g/mol. The molecule has 1 aromatic heterocycles. The maximum absolute atomic E-state index is 13.8. The highest BCUT2D eigenvalue weighted by Crippen LogP contribution is 2.28. The van der Waals surface area contributed by atoms with E-state index in [-0.39, 0.29) is 18.1 Å². The number of para-hydroxylation sites is 1. The van der Waals surface area contributed by atoms with Gasteiger partial charge in [0, 0.05) is 6.54 Å². The molecule has 0 N–H and O–H groups in total. The van der Waals surface area contributed by atoms with E-state index in [1.54, 1.807) is 22.6 Å². The van der Waals surface area contributed by atoms with Gasteiger partial charge in [-0.05, 0) is 56.2 Å². The minimum atomic E-state index is -0.495. The van der Waals surface area contributed by atoms with Gasteiger partial charge < -0.3 is 14.4 Å². The first-order valence-corrected chi connectivity index (χ1v) is 12.0. The van der Waals surface area contributed by atoms with Crippen molar-refractivity contribution in [3.05, 3.63) is 100 Å². The van der Waals surface area contributed by atoms with E-state index < -0.39 is 6.04 Å². The number of methoxy groups -OCH3 is 1. The lowest BCUT2D eigenvalue weighted by molar-refractivity contribution is -0.138. The van der Waals surface area contributed by atoms with Crippen LogP contribution in [0.25, 0.3) is 16.6 Å². The van der Waals surface area contributed by atoms with Gasteiger partial charge in [-0.1, -0.05) is 48.5 Å². The number of rotatable bonds is 9. The largest absolute Gasteiger partial charge is 0.495 e. The summed E-state index contributed by atoms with van der Waals surface area (Å²) in [6.07, 6.45) is 0. The number of hydrogen-bond donors (Lipinski definition) is 0. The number of hydrogen-bond acceptors (Lipinski definition) is 5. The lowest BCUT2D eigenvalue weighted by Gasteiger charge is -2.30. The van der Waals surface area contributed by atoms with E-state index >= 15 is 0 Å². The van der Waals surface area contributed by atoms with Crippen LogP contribution in [-0.4, -0.2) is 40.6 Å². The van der Waals surface area contributed by atoms with Crippen LogP contribution in [0.2, 0.25) is 0 Å². The van der Waals surface area contributed by atoms with E-state index in [1.165, 1.54) is 0 Å². The maximum Gasteiger partial charge on any atom is 0.266 e. The topological polar surface area (TPSA) is 73.7 Å². The molecule has 0 aliphatic rings. The third kappa shape index (κ3) is 5.16. The second-order valence-corrected chi connectivity index (χ2v) is 8.64.